The molecule has 0 aliphatic carbocycles. The van der Waals surface area contributed by atoms with Gasteiger partial charge in [0.15, 0.2) is 0 Å². The van der Waals surface area contributed by atoms with E-state index in [-0.39, 0.29) is 12.5 Å². The van der Waals surface area contributed by atoms with Gasteiger partial charge in [-0.2, -0.15) is 5.10 Å². The molecule has 0 aliphatic rings. The van der Waals surface area contributed by atoms with E-state index in [9.17, 15) is 4.79 Å². The molecule has 146 valence electrons. The van der Waals surface area contributed by atoms with Crippen molar-refractivity contribution in [2.24, 2.45) is 0 Å². The Morgan fingerprint density at radius 2 is 1.57 bits per heavy atom. The zero-order valence-electron chi connectivity index (χ0n) is 16.0. The second-order valence-corrected chi connectivity index (χ2v) is 6.80. The van der Waals surface area contributed by atoms with Crippen LogP contribution < -0.4 is 5.32 Å². The number of amides is 1. The van der Waals surface area contributed by atoms with Gasteiger partial charge in [0.2, 0.25) is 5.91 Å². The molecule has 0 radical (unpaired) electrons. The molecule has 2 heterocycles. The SMILES string of the molecule is O=C(Cn1nnc2ccccc21)Nc1c(-c2ccccc2)cnn1-c1ccccc1. The van der Waals surface area contributed by atoms with Gasteiger partial charge in [-0.15, -0.1) is 5.10 Å². The second-order valence-electron chi connectivity index (χ2n) is 6.80. The summed E-state index contributed by atoms with van der Waals surface area (Å²) in [5, 5.41) is 15.8. The summed E-state index contributed by atoms with van der Waals surface area (Å²) >= 11 is 0. The Labute approximate surface area is 172 Å². The highest BCUT2D eigenvalue weighted by atomic mass is 16.2. The van der Waals surface area contributed by atoms with Crippen molar-refractivity contribution in [3.8, 4) is 16.8 Å². The maximum Gasteiger partial charge on any atom is 0.247 e. The number of carbonyl (C=O) groups excluding carboxylic acids is 1. The van der Waals surface area contributed by atoms with Gasteiger partial charge < -0.3 is 5.32 Å². The van der Waals surface area contributed by atoms with Crippen molar-refractivity contribution >= 4 is 22.8 Å². The third kappa shape index (κ3) is 3.33. The number of nitrogens with zero attached hydrogens (tertiary/aromatic N) is 5. The Bertz CT molecular complexity index is 1250. The lowest BCUT2D eigenvalue weighted by Crippen LogP contribution is -2.21. The van der Waals surface area contributed by atoms with Crippen molar-refractivity contribution in [2.75, 3.05) is 5.32 Å². The van der Waals surface area contributed by atoms with Gasteiger partial charge >= 0.3 is 0 Å². The van der Waals surface area contributed by atoms with Crippen LogP contribution in [0.1, 0.15) is 0 Å². The van der Waals surface area contributed by atoms with E-state index in [2.05, 4.69) is 20.7 Å². The highest BCUT2D eigenvalue weighted by Gasteiger charge is 2.17. The lowest BCUT2D eigenvalue weighted by Gasteiger charge is -2.12. The second kappa shape index (κ2) is 7.63. The number of hydrogen-bond donors (Lipinski definition) is 1. The Balaban J connectivity index is 1.50. The summed E-state index contributed by atoms with van der Waals surface area (Å²) in [6.07, 6.45) is 1.77. The van der Waals surface area contributed by atoms with Crippen molar-refractivity contribution in [3.05, 3.63) is 91.1 Å². The molecule has 0 aliphatic heterocycles. The van der Waals surface area contributed by atoms with Gasteiger partial charge in [-0.25, -0.2) is 9.36 Å². The van der Waals surface area contributed by atoms with Crippen LogP contribution in [0.5, 0.6) is 0 Å². The van der Waals surface area contributed by atoms with E-state index >= 15 is 0 Å². The number of carbonyl (C=O) groups is 1. The average molecular weight is 394 g/mol. The lowest BCUT2D eigenvalue weighted by atomic mass is 10.1. The van der Waals surface area contributed by atoms with E-state index in [4.69, 9.17) is 0 Å². The normalized spacial score (nSPS) is 10.9. The van der Waals surface area contributed by atoms with Gasteiger partial charge in [0, 0.05) is 5.56 Å². The van der Waals surface area contributed by atoms with Crippen LogP contribution in [0.3, 0.4) is 0 Å². The molecule has 0 atom stereocenters. The van der Waals surface area contributed by atoms with Crippen LogP contribution in [0.25, 0.3) is 27.8 Å². The monoisotopic (exact) mass is 394 g/mol. The number of fused-ring (bicyclic) bond motifs is 1. The number of para-hydroxylation sites is 2. The van der Waals surface area contributed by atoms with E-state index < -0.39 is 0 Å². The van der Waals surface area contributed by atoms with Crippen LogP contribution >= 0.6 is 0 Å². The van der Waals surface area contributed by atoms with Gasteiger partial charge in [-0.3, -0.25) is 4.79 Å². The molecule has 0 bridgehead atoms. The van der Waals surface area contributed by atoms with Crippen LogP contribution in [0.2, 0.25) is 0 Å². The van der Waals surface area contributed by atoms with Gasteiger partial charge in [-0.1, -0.05) is 65.9 Å². The molecule has 0 fully saturated rings. The summed E-state index contributed by atoms with van der Waals surface area (Å²) in [7, 11) is 0. The smallest absolute Gasteiger partial charge is 0.247 e. The fourth-order valence-corrected chi connectivity index (χ4v) is 3.40. The summed E-state index contributed by atoms with van der Waals surface area (Å²) < 4.78 is 3.33. The first-order valence-electron chi connectivity index (χ1n) is 9.56. The summed E-state index contributed by atoms with van der Waals surface area (Å²) in [5.74, 6) is 0.405. The molecule has 30 heavy (non-hydrogen) atoms. The number of hydrogen-bond acceptors (Lipinski definition) is 4. The molecule has 5 aromatic rings. The van der Waals surface area contributed by atoms with Gasteiger partial charge in [0.1, 0.15) is 17.9 Å². The first-order valence-corrected chi connectivity index (χ1v) is 9.56. The zero-order valence-corrected chi connectivity index (χ0v) is 16.0. The van der Waals surface area contributed by atoms with Crippen LogP contribution in [-0.2, 0) is 11.3 Å². The van der Waals surface area contributed by atoms with Crippen molar-refractivity contribution in [3.63, 3.8) is 0 Å². The van der Waals surface area contributed by atoms with Crippen LogP contribution in [-0.4, -0.2) is 30.7 Å². The maximum atomic E-state index is 12.9. The predicted octanol–water partition coefficient (Wildman–Crippen LogP) is 3.92. The Kier molecular flexibility index (Phi) is 4.53. The van der Waals surface area contributed by atoms with Crippen molar-refractivity contribution in [1.82, 2.24) is 24.8 Å². The highest BCUT2D eigenvalue weighted by Crippen LogP contribution is 2.30. The van der Waals surface area contributed by atoms with Crippen LogP contribution in [0.4, 0.5) is 5.82 Å². The molecule has 0 saturated carbocycles. The molecule has 0 unspecified atom stereocenters. The average Bonchev–Trinajstić information content (AvgIpc) is 3.39. The zero-order chi connectivity index (χ0) is 20.3. The molecule has 5 rings (SSSR count). The minimum absolute atomic E-state index is 0.0503. The summed E-state index contributed by atoms with van der Waals surface area (Å²) in [6, 6.07) is 27.1. The fraction of sp³-hybridized carbons (Fsp3) is 0.0435. The number of anilines is 1. The molecule has 3 aromatic carbocycles. The molecule has 1 amide bonds. The van der Waals surface area contributed by atoms with Crippen LogP contribution in [0.15, 0.2) is 91.1 Å². The number of aromatic nitrogens is 5. The minimum Gasteiger partial charge on any atom is -0.308 e. The molecule has 1 N–H and O–H groups in total. The molecule has 7 nitrogen and oxygen atoms in total. The third-order valence-corrected chi connectivity index (χ3v) is 4.83. The minimum atomic E-state index is -0.208. The first kappa shape index (κ1) is 17.8. The van der Waals surface area contributed by atoms with E-state index in [1.54, 1.807) is 15.6 Å². The van der Waals surface area contributed by atoms with Crippen LogP contribution in [0, 0.1) is 0 Å². The van der Waals surface area contributed by atoms with Gasteiger partial charge in [-0.05, 0) is 29.8 Å². The fourth-order valence-electron chi connectivity index (χ4n) is 3.40. The van der Waals surface area contributed by atoms with E-state index in [1.165, 1.54) is 0 Å². The lowest BCUT2D eigenvalue weighted by molar-refractivity contribution is -0.116. The summed E-state index contributed by atoms with van der Waals surface area (Å²) in [4.78, 5) is 12.9. The number of rotatable bonds is 5. The van der Waals surface area contributed by atoms with E-state index in [1.807, 2.05) is 84.9 Å². The van der Waals surface area contributed by atoms with Gasteiger partial charge in [0.05, 0.1) is 17.4 Å². The molecular weight excluding hydrogens is 376 g/mol. The quantitative estimate of drug-likeness (QED) is 0.490. The third-order valence-electron chi connectivity index (χ3n) is 4.83. The van der Waals surface area contributed by atoms with Crippen molar-refractivity contribution in [2.45, 2.75) is 6.54 Å². The summed E-state index contributed by atoms with van der Waals surface area (Å²) in [6.45, 7) is 0.0503. The van der Waals surface area contributed by atoms with Gasteiger partial charge in [0.25, 0.3) is 0 Å². The summed E-state index contributed by atoms with van der Waals surface area (Å²) in [5.41, 5.74) is 4.25. The molecular formula is C23H18N6O. The number of benzene rings is 3. The molecule has 7 heteroatoms. The van der Waals surface area contributed by atoms with Crippen molar-refractivity contribution in [1.29, 1.82) is 0 Å². The van der Waals surface area contributed by atoms with E-state index in [0.29, 0.717) is 5.82 Å². The molecule has 0 spiro atoms. The first-order chi connectivity index (χ1) is 14.8. The Morgan fingerprint density at radius 1 is 0.867 bits per heavy atom. The number of nitrogens with one attached hydrogen (secondary N) is 1. The highest BCUT2D eigenvalue weighted by molar-refractivity contribution is 5.95. The molecule has 0 saturated heterocycles. The predicted molar refractivity (Wildman–Crippen MR) is 115 cm³/mol. The Morgan fingerprint density at radius 3 is 2.37 bits per heavy atom. The maximum absolute atomic E-state index is 12.9. The van der Waals surface area contributed by atoms with E-state index in [0.717, 1.165) is 27.8 Å². The topological polar surface area (TPSA) is 77.6 Å². The Hall–Kier alpha value is -4.26. The van der Waals surface area contributed by atoms with Crippen molar-refractivity contribution < 1.29 is 4.79 Å². The standard InChI is InChI=1S/C23H18N6O/c30-22(16-28-21-14-8-7-13-20(21)26-27-28)25-23-19(17-9-3-1-4-10-17)15-24-29(23)18-11-5-2-6-12-18/h1-15H,16H2,(H,25,30). The molecule has 2 aromatic heterocycles. The largest absolute Gasteiger partial charge is 0.308 e.